The van der Waals surface area contributed by atoms with Crippen molar-refractivity contribution >= 4 is 11.8 Å². The lowest BCUT2D eigenvalue weighted by Crippen LogP contribution is -2.16. The molecule has 0 aliphatic carbocycles. The van der Waals surface area contributed by atoms with Crippen LogP contribution in [0.3, 0.4) is 0 Å². The number of aryl methyl sites for hydroxylation is 1. The van der Waals surface area contributed by atoms with Gasteiger partial charge in [-0.1, -0.05) is 11.8 Å². The summed E-state index contributed by atoms with van der Waals surface area (Å²) in [5.41, 5.74) is 0. The minimum absolute atomic E-state index is 0.0775. The molecular formula is C10H16N4OS. The first-order valence-corrected chi connectivity index (χ1v) is 6.82. The molecule has 0 radical (unpaired) electrons. The van der Waals surface area contributed by atoms with E-state index < -0.39 is 0 Å². The Hall–Kier alpha value is -0.590. The van der Waals surface area contributed by atoms with Crippen molar-refractivity contribution in [1.29, 1.82) is 0 Å². The Morgan fingerprint density at radius 1 is 1.44 bits per heavy atom. The summed E-state index contributed by atoms with van der Waals surface area (Å²) >= 11 is 1.80. The molecule has 2 aliphatic rings. The largest absolute Gasteiger partial charge is 0.369 e. The van der Waals surface area contributed by atoms with Gasteiger partial charge in [0.15, 0.2) is 11.0 Å². The molecule has 16 heavy (non-hydrogen) atoms. The van der Waals surface area contributed by atoms with Crippen molar-refractivity contribution in [2.24, 2.45) is 0 Å². The van der Waals surface area contributed by atoms with E-state index in [1.807, 2.05) is 4.68 Å². The maximum atomic E-state index is 5.76. The number of fused-ring (bicyclic) bond motifs is 1. The van der Waals surface area contributed by atoms with E-state index in [2.05, 4.69) is 15.4 Å². The Kier molecular flexibility index (Phi) is 3.12. The summed E-state index contributed by atoms with van der Waals surface area (Å²) in [5, 5.41) is 8.92. The second-order valence-corrected chi connectivity index (χ2v) is 5.14. The SMILES string of the molecule is C1CSc2nc(C3CCNCCO3)nn2C1. The maximum absolute atomic E-state index is 5.76. The van der Waals surface area contributed by atoms with Gasteiger partial charge in [0.25, 0.3) is 0 Å². The molecule has 3 rings (SSSR count). The molecule has 6 heteroatoms. The van der Waals surface area contributed by atoms with Crippen molar-refractivity contribution in [3.63, 3.8) is 0 Å². The van der Waals surface area contributed by atoms with Crippen LogP contribution in [0.2, 0.25) is 0 Å². The fourth-order valence-corrected chi connectivity index (χ4v) is 2.92. The molecule has 1 aromatic heterocycles. The summed E-state index contributed by atoms with van der Waals surface area (Å²) < 4.78 is 7.78. The summed E-state index contributed by atoms with van der Waals surface area (Å²) in [5.74, 6) is 2.03. The number of rotatable bonds is 1. The van der Waals surface area contributed by atoms with Crippen molar-refractivity contribution < 1.29 is 4.74 Å². The quantitative estimate of drug-likeness (QED) is 0.788. The fraction of sp³-hybridized carbons (Fsp3) is 0.800. The molecule has 0 saturated carbocycles. The zero-order chi connectivity index (χ0) is 10.8. The predicted molar refractivity (Wildman–Crippen MR) is 61.5 cm³/mol. The first-order chi connectivity index (χ1) is 7.93. The minimum Gasteiger partial charge on any atom is -0.369 e. The Morgan fingerprint density at radius 3 is 3.38 bits per heavy atom. The van der Waals surface area contributed by atoms with Crippen molar-refractivity contribution in [3.05, 3.63) is 5.82 Å². The summed E-state index contributed by atoms with van der Waals surface area (Å²) in [7, 11) is 0. The normalized spacial score (nSPS) is 26.1. The van der Waals surface area contributed by atoms with Crippen LogP contribution < -0.4 is 5.32 Å². The molecule has 0 spiro atoms. The van der Waals surface area contributed by atoms with Gasteiger partial charge in [-0.15, -0.1) is 0 Å². The molecule has 0 aromatic carbocycles. The highest BCUT2D eigenvalue weighted by Crippen LogP contribution is 2.26. The molecule has 1 N–H and O–H groups in total. The molecule has 0 amide bonds. The van der Waals surface area contributed by atoms with Gasteiger partial charge in [-0.2, -0.15) is 5.10 Å². The number of hydrogen-bond acceptors (Lipinski definition) is 5. The van der Waals surface area contributed by atoms with Crippen LogP contribution >= 0.6 is 11.8 Å². The lowest BCUT2D eigenvalue weighted by molar-refractivity contribution is 0.0579. The molecular weight excluding hydrogens is 224 g/mol. The standard InChI is InChI=1S/C10H16N4OS/c1-5-14-10(16-7-1)12-9(13-14)8-2-3-11-4-6-15-8/h8,11H,1-7H2. The molecule has 2 aliphatic heterocycles. The average Bonchev–Trinajstić information content (AvgIpc) is 2.56. The monoisotopic (exact) mass is 240 g/mol. The van der Waals surface area contributed by atoms with Gasteiger partial charge in [0, 0.05) is 18.8 Å². The highest BCUT2D eigenvalue weighted by Gasteiger charge is 2.22. The molecule has 5 nitrogen and oxygen atoms in total. The number of aromatic nitrogens is 3. The van der Waals surface area contributed by atoms with Crippen molar-refractivity contribution in [2.75, 3.05) is 25.4 Å². The van der Waals surface area contributed by atoms with E-state index >= 15 is 0 Å². The first-order valence-electron chi connectivity index (χ1n) is 5.83. The summed E-state index contributed by atoms with van der Waals surface area (Å²) in [6, 6.07) is 0. The van der Waals surface area contributed by atoms with Crippen LogP contribution in [0.1, 0.15) is 24.8 Å². The van der Waals surface area contributed by atoms with Gasteiger partial charge in [0.2, 0.25) is 0 Å². The zero-order valence-electron chi connectivity index (χ0n) is 9.19. The maximum Gasteiger partial charge on any atom is 0.186 e. The third-order valence-electron chi connectivity index (χ3n) is 2.87. The van der Waals surface area contributed by atoms with E-state index in [4.69, 9.17) is 4.74 Å². The van der Waals surface area contributed by atoms with Gasteiger partial charge in [-0.3, -0.25) is 0 Å². The zero-order valence-corrected chi connectivity index (χ0v) is 10.0. The van der Waals surface area contributed by atoms with Crippen LogP contribution in [0.4, 0.5) is 0 Å². The van der Waals surface area contributed by atoms with Gasteiger partial charge in [-0.25, -0.2) is 9.67 Å². The highest BCUT2D eigenvalue weighted by atomic mass is 32.2. The van der Waals surface area contributed by atoms with Crippen LogP contribution in [0.25, 0.3) is 0 Å². The van der Waals surface area contributed by atoms with E-state index in [9.17, 15) is 0 Å². The highest BCUT2D eigenvalue weighted by molar-refractivity contribution is 7.99. The molecule has 1 atom stereocenters. The Labute approximate surface area is 99.0 Å². The number of nitrogens with one attached hydrogen (secondary N) is 1. The molecule has 3 heterocycles. The van der Waals surface area contributed by atoms with Crippen molar-refractivity contribution in [3.8, 4) is 0 Å². The smallest absolute Gasteiger partial charge is 0.186 e. The van der Waals surface area contributed by atoms with E-state index in [1.54, 1.807) is 11.8 Å². The molecule has 88 valence electrons. The first kappa shape index (κ1) is 10.6. The Morgan fingerprint density at radius 2 is 2.44 bits per heavy atom. The van der Waals surface area contributed by atoms with Crippen LogP contribution in [0.5, 0.6) is 0 Å². The van der Waals surface area contributed by atoms with Crippen LogP contribution in [-0.2, 0) is 11.3 Å². The summed E-state index contributed by atoms with van der Waals surface area (Å²) in [6.45, 7) is 3.67. The van der Waals surface area contributed by atoms with Crippen LogP contribution in [0, 0.1) is 0 Å². The van der Waals surface area contributed by atoms with Crippen molar-refractivity contribution in [1.82, 2.24) is 20.1 Å². The van der Waals surface area contributed by atoms with Gasteiger partial charge >= 0.3 is 0 Å². The van der Waals surface area contributed by atoms with Gasteiger partial charge in [-0.05, 0) is 19.4 Å². The Balaban J connectivity index is 1.79. The van der Waals surface area contributed by atoms with E-state index in [0.29, 0.717) is 0 Å². The third kappa shape index (κ3) is 2.09. The van der Waals surface area contributed by atoms with Gasteiger partial charge in [0.1, 0.15) is 6.10 Å². The topological polar surface area (TPSA) is 52.0 Å². The second-order valence-electron chi connectivity index (χ2n) is 4.08. The number of ether oxygens (including phenoxy) is 1. The molecule has 1 aromatic rings. The Bertz CT molecular complexity index is 336. The summed E-state index contributed by atoms with van der Waals surface area (Å²) in [4.78, 5) is 4.58. The lowest BCUT2D eigenvalue weighted by Gasteiger charge is -2.10. The van der Waals surface area contributed by atoms with Gasteiger partial charge < -0.3 is 10.1 Å². The minimum atomic E-state index is 0.0775. The van der Waals surface area contributed by atoms with Crippen LogP contribution in [0.15, 0.2) is 5.16 Å². The van der Waals surface area contributed by atoms with Crippen LogP contribution in [-0.4, -0.2) is 40.2 Å². The predicted octanol–water partition coefficient (Wildman–Crippen LogP) is 0.825. The number of nitrogens with zero attached hydrogens (tertiary/aromatic N) is 3. The fourth-order valence-electron chi connectivity index (χ4n) is 2.03. The van der Waals surface area contributed by atoms with E-state index in [1.165, 1.54) is 6.42 Å². The number of hydrogen-bond donors (Lipinski definition) is 1. The molecule has 0 bridgehead atoms. The molecule has 1 fully saturated rings. The molecule has 1 saturated heterocycles. The number of thioether (sulfide) groups is 1. The van der Waals surface area contributed by atoms with E-state index in [-0.39, 0.29) is 6.10 Å². The average molecular weight is 240 g/mol. The molecule has 1 unspecified atom stereocenters. The van der Waals surface area contributed by atoms with Gasteiger partial charge in [0.05, 0.1) is 6.61 Å². The van der Waals surface area contributed by atoms with E-state index in [0.717, 1.165) is 49.4 Å². The van der Waals surface area contributed by atoms with Crippen molar-refractivity contribution in [2.45, 2.75) is 30.6 Å². The lowest BCUT2D eigenvalue weighted by atomic mass is 10.2. The summed E-state index contributed by atoms with van der Waals surface area (Å²) in [6.07, 6.45) is 2.23. The second kappa shape index (κ2) is 4.73. The third-order valence-corrected chi connectivity index (χ3v) is 3.92.